The summed E-state index contributed by atoms with van der Waals surface area (Å²) in [6, 6.07) is 3.22. The molecule has 0 saturated carbocycles. The molecule has 0 bridgehead atoms. The number of methoxy groups -OCH3 is 1. The maximum Gasteiger partial charge on any atom is 0.403 e. The summed E-state index contributed by atoms with van der Waals surface area (Å²) in [7, 11) is 1.42. The normalized spacial score (nSPS) is 13.6. The van der Waals surface area contributed by atoms with E-state index in [1.54, 1.807) is 18.2 Å². The molecular weight excluding hydrogens is 219 g/mol. The molecule has 0 fully saturated rings. The van der Waals surface area contributed by atoms with Gasteiger partial charge < -0.3 is 10.5 Å². The van der Waals surface area contributed by atoms with Crippen LogP contribution >= 0.6 is 0 Å². The maximum absolute atomic E-state index is 12.3. The summed E-state index contributed by atoms with van der Waals surface area (Å²) in [4.78, 5) is 0. The molecule has 16 heavy (non-hydrogen) atoms. The number of halogens is 3. The van der Waals surface area contributed by atoms with E-state index in [0.29, 0.717) is 11.3 Å². The highest BCUT2D eigenvalue weighted by Gasteiger charge is 2.36. The van der Waals surface area contributed by atoms with Crippen LogP contribution in [-0.2, 0) is 6.42 Å². The number of alkyl halides is 3. The van der Waals surface area contributed by atoms with Gasteiger partial charge in [-0.15, -0.1) is 0 Å². The zero-order valence-electron chi connectivity index (χ0n) is 9.14. The molecule has 90 valence electrons. The van der Waals surface area contributed by atoms with E-state index in [-0.39, 0.29) is 6.42 Å². The van der Waals surface area contributed by atoms with E-state index in [1.165, 1.54) is 7.11 Å². The Morgan fingerprint density at radius 3 is 2.50 bits per heavy atom. The Kier molecular flexibility index (Phi) is 3.80. The highest BCUT2D eigenvalue weighted by molar-refractivity contribution is 5.37. The number of hydrogen-bond acceptors (Lipinski definition) is 2. The molecule has 0 aliphatic heterocycles. The van der Waals surface area contributed by atoms with Crippen LogP contribution in [0.2, 0.25) is 0 Å². The topological polar surface area (TPSA) is 35.2 Å². The number of hydrogen-bond donors (Lipinski definition) is 1. The van der Waals surface area contributed by atoms with Gasteiger partial charge >= 0.3 is 6.18 Å². The van der Waals surface area contributed by atoms with E-state index in [4.69, 9.17) is 10.5 Å². The lowest BCUT2D eigenvalue weighted by Gasteiger charge is -2.17. The van der Waals surface area contributed by atoms with Gasteiger partial charge in [-0.05, 0) is 25.0 Å². The number of ether oxygens (including phenoxy) is 1. The Labute approximate surface area is 92.2 Å². The van der Waals surface area contributed by atoms with Crippen LogP contribution in [-0.4, -0.2) is 19.3 Å². The van der Waals surface area contributed by atoms with Crippen LogP contribution in [0.5, 0.6) is 5.75 Å². The Morgan fingerprint density at radius 1 is 1.38 bits per heavy atom. The van der Waals surface area contributed by atoms with Crippen LogP contribution in [0.3, 0.4) is 0 Å². The van der Waals surface area contributed by atoms with Crippen molar-refractivity contribution in [1.82, 2.24) is 0 Å². The predicted octanol–water partition coefficient (Wildman–Crippen LogP) is 2.44. The molecule has 0 saturated heterocycles. The summed E-state index contributed by atoms with van der Waals surface area (Å²) >= 11 is 0. The second-order valence-corrected chi connectivity index (χ2v) is 3.67. The molecule has 2 nitrogen and oxygen atoms in total. The Hall–Kier alpha value is -1.23. The highest BCUT2D eigenvalue weighted by atomic mass is 19.4. The van der Waals surface area contributed by atoms with Gasteiger partial charge in [-0.25, -0.2) is 0 Å². The monoisotopic (exact) mass is 233 g/mol. The molecule has 0 aliphatic rings. The molecule has 1 aromatic carbocycles. The van der Waals surface area contributed by atoms with E-state index >= 15 is 0 Å². The van der Waals surface area contributed by atoms with Gasteiger partial charge in [0.1, 0.15) is 11.8 Å². The summed E-state index contributed by atoms with van der Waals surface area (Å²) in [6.07, 6.45) is -4.65. The first-order valence-electron chi connectivity index (χ1n) is 4.80. The van der Waals surface area contributed by atoms with Crippen molar-refractivity contribution in [3.05, 3.63) is 29.3 Å². The summed E-state index contributed by atoms with van der Waals surface area (Å²) in [6.45, 7) is 1.81. The quantitative estimate of drug-likeness (QED) is 0.870. The fourth-order valence-electron chi connectivity index (χ4n) is 1.42. The van der Waals surface area contributed by atoms with E-state index in [2.05, 4.69) is 0 Å². The summed E-state index contributed by atoms with van der Waals surface area (Å²) in [5.41, 5.74) is 6.43. The molecule has 1 unspecified atom stereocenters. The Balaban J connectivity index is 2.91. The molecule has 0 amide bonds. The fraction of sp³-hybridized carbons (Fsp3) is 0.455. The third kappa shape index (κ3) is 3.13. The average Bonchev–Trinajstić information content (AvgIpc) is 2.16. The van der Waals surface area contributed by atoms with E-state index in [0.717, 1.165) is 5.56 Å². The van der Waals surface area contributed by atoms with Gasteiger partial charge in [0.05, 0.1) is 7.11 Å². The van der Waals surface area contributed by atoms with Crippen molar-refractivity contribution < 1.29 is 17.9 Å². The van der Waals surface area contributed by atoms with Gasteiger partial charge in [0.2, 0.25) is 0 Å². The van der Waals surface area contributed by atoms with Crippen LogP contribution in [0.4, 0.5) is 13.2 Å². The first kappa shape index (κ1) is 12.8. The highest BCUT2D eigenvalue weighted by Crippen LogP contribution is 2.26. The number of aryl methyl sites for hydroxylation is 1. The molecule has 0 heterocycles. The summed E-state index contributed by atoms with van der Waals surface area (Å²) in [5.74, 6) is 0.435. The zero-order valence-corrected chi connectivity index (χ0v) is 9.14. The molecule has 0 aromatic heterocycles. The fourth-order valence-corrected chi connectivity index (χ4v) is 1.42. The lowest BCUT2D eigenvalue weighted by Crippen LogP contribution is -2.39. The van der Waals surface area contributed by atoms with Crippen LogP contribution in [0.1, 0.15) is 11.1 Å². The van der Waals surface area contributed by atoms with Crippen molar-refractivity contribution in [3.63, 3.8) is 0 Å². The SMILES string of the molecule is COc1ccc(C)cc1CC(N)C(F)(F)F. The van der Waals surface area contributed by atoms with E-state index < -0.39 is 12.2 Å². The molecule has 1 rings (SSSR count). The lowest BCUT2D eigenvalue weighted by molar-refractivity contribution is -0.147. The van der Waals surface area contributed by atoms with Gasteiger partial charge in [0.25, 0.3) is 0 Å². The first-order valence-corrected chi connectivity index (χ1v) is 4.80. The van der Waals surface area contributed by atoms with Gasteiger partial charge in [-0.3, -0.25) is 0 Å². The van der Waals surface area contributed by atoms with Gasteiger partial charge in [-0.2, -0.15) is 13.2 Å². The molecule has 1 aromatic rings. The van der Waals surface area contributed by atoms with Crippen LogP contribution < -0.4 is 10.5 Å². The Morgan fingerprint density at radius 2 is 2.00 bits per heavy atom. The first-order chi connectivity index (χ1) is 7.34. The second kappa shape index (κ2) is 4.74. The van der Waals surface area contributed by atoms with Gasteiger partial charge in [-0.1, -0.05) is 17.7 Å². The summed E-state index contributed by atoms with van der Waals surface area (Å²) < 4.78 is 41.9. The average molecular weight is 233 g/mol. The number of nitrogens with two attached hydrogens (primary N) is 1. The standard InChI is InChI=1S/C11H14F3NO/c1-7-3-4-9(16-2)8(5-7)6-10(15)11(12,13)14/h3-5,10H,6,15H2,1-2H3. The van der Waals surface area contributed by atoms with Crippen LogP contribution in [0.25, 0.3) is 0 Å². The van der Waals surface area contributed by atoms with E-state index in [1.807, 2.05) is 6.92 Å². The van der Waals surface area contributed by atoms with Crippen molar-refractivity contribution in [3.8, 4) is 5.75 Å². The molecule has 1 atom stereocenters. The molecule has 0 spiro atoms. The summed E-state index contributed by atoms with van der Waals surface area (Å²) in [5, 5.41) is 0. The predicted molar refractivity (Wildman–Crippen MR) is 55.5 cm³/mol. The maximum atomic E-state index is 12.3. The van der Waals surface area contributed by atoms with Crippen LogP contribution in [0, 0.1) is 6.92 Å². The van der Waals surface area contributed by atoms with Crippen molar-refractivity contribution in [2.75, 3.05) is 7.11 Å². The number of benzene rings is 1. The molecule has 0 aliphatic carbocycles. The Bertz CT molecular complexity index is 363. The van der Waals surface area contributed by atoms with Crippen molar-refractivity contribution in [2.45, 2.75) is 25.6 Å². The minimum absolute atomic E-state index is 0.269. The minimum atomic E-state index is -4.38. The largest absolute Gasteiger partial charge is 0.496 e. The molecule has 0 radical (unpaired) electrons. The molecule has 5 heteroatoms. The van der Waals surface area contributed by atoms with Crippen LogP contribution in [0.15, 0.2) is 18.2 Å². The van der Waals surface area contributed by atoms with Gasteiger partial charge in [0.15, 0.2) is 0 Å². The van der Waals surface area contributed by atoms with E-state index in [9.17, 15) is 13.2 Å². The van der Waals surface area contributed by atoms with Crippen molar-refractivity contribution >= 4 is 0 Å². The molecular formula is C11H14F3NO. The minimum Gasteiger partial charge on any atom is -0.496 e. The third-order valence-electron chi connectivity index (χ3n) is 2.30. The van der Waals surface area contributed by atoms with Crippen molar-refractivity contribution in [1.29, 1.82) is 0 Å². The smallest absolute Gasteiger partial charge is 0.403 e. The molecule has 2 N–H and O–H groups in total. The number of rotatable bonds is 3. The second-order valence-electron chi connectivity index (χ2n) is 3.67. The third-order valence-corrected chi connectivity index (χ3v) is 2.30. The lowest BCUT2D eigenvalue weighted by atomic mass is 10.0. The zero-order chi connectivity index (χ0) is 12.3. The van der Waals surface area contributed by atoms with Gasteiger partial charge in [0, 0.05) is 0 Å². The van der Waals surface area contributed by atoms with Crippen molar-refractivity contribution in [2.24, 2.45) is 5.73 Å².